The number of carbonyl (C=O) groups excluding carboxylic acids is 1. The van der Waals surface area contributed by atoms with Crippen LogP contribution in [0.2, 0.25) is 0 Å². The summed E-state index contributed by atoms with van der Waals surface area (Å²) in [7, 11) is 0. The maximum Gasteiger partial charge on any atom is 0.314 e. The van der Waals surface area contributed by atoms with E-state index in [1.54, 1.807) is 13.0 Å². The summed E-state index contributed by atoms with van der Waals surface area (Å²) >= 11 is 0. The lowest BCUT2D eigenvalue weighted by atomic mass is 10.5. The Morgan fingerprint density at radius 3 is 2.75 bits per heavy atom. The van der Waals surface area contributed by atoms with Crippen LogP contribution in [-0.2, 0) is 4.79 Å². The van der Waals surface area contributed by atoms with Gasteiger partial charge in [0, 0.05) is 5.92 Å². The minimum Gasteiger partial charge on any atom is -0.258 e. The Morgan fingerprint density at radius 2 is 2.38 bits per heavy atom. The molecule has 0 fully saturated rings. The molecule has 0 spiro atoms. The summed E-state index contributed by atoms with van der Waals surface area (Å²) in [6, 6.07) is 0. The lowest BCUT2D eigenvalue weighted by Crippen LogP contribution is -1.89. The second kappa shape index (κ2) is 3.94. The highest BCUT2D eigenvalue weighted by atomic mass is 16.1. The predicted molar refractivity (Wildman–Crippen MR) is 30.7 cm³/mol. The number of hydrogen-bond donors (Lipinski definition) is 0. The highest BCUT2D eigenvalue weighted by Gasteiger charge is 1.76. The molecule has 0 aliphatic rings. The lowest BCUT2D eigenvalue weighted by Gasteiger charge is -1.64. The fourth-order valence-electron chi connectivity index (χ4n) is 0.191. The van der Waals surface area contributed by atoms with Crippen LogP contribution in [0.1, 0.15) is 6.92 Å². The van der Waals surface area contributed by atoms with E-state index in [1.807, 2.05) is 5.92 Å². The second-order valence-electron chi connectivity index (χ2n) is 1.10. The van der Waals surface area contributed by atoms with E-state index in [2.05, 4.69) is 5.92 Å². The molecule has 0 bridgehead atoms. The molecule has 0 rings (SSSR count). The van der Waals surface area contributed by atoms with Crippen molar-refractivity contribution < 1.29 is 4.79 Å². The van der Waals surface area contributed by atoms with Gasteiger partial charge in [-0.3, -0.25) is 10.5 Å². The van der Waals surface area contributed by atoms with Crippen LogP contribution in [0, 0.1) is 11.8 Å². The molecule has 0 aromatic rings. The standard InChI is InChI=1S/C6H6NO/c1-2-3-4-5-6(7)8/h2-3,7H,1H3. The van der Waals surface area contributed by atoms with Crippen molar-refractivity contribution in [2.75, 3.05) is 0 Å². The first-order valence-electron chi connectivity index (χ1n) is 2.15. The smallest absolute Gasteiger partial charge is 0.258 e. The van der Waals surface area contributed by atoms with Crippen molar-refractivity contribution in [3.05, 3.63) is 12.2 Å². The average molecular weight is 108 g/mol. The Morgan fingerprint density at radius 1 is 1.75 bits per heavy atom. The van der Waals surface area contributed by atoms with E-state index in [9.17, 15) is 4.79 Å². The van der Waals surface area contributed by atoms with Gasteiger partial charge >= 0.3 is 5.91 Å². The van der Waals surface area contributed by atoms with Crippen molar-refractivity contribution in [2.45, 2.75) is 6.92 Å². The third-order valence-corrected chi connectivity index (χ3v) is 0.436. The molecular formula is C6H6NO. The summed E-state index contributed by atoms with van der Waals surface area (Å²) in [6.07, 6.45) is 3.22. The SMILES string of the molecule is CC=CC#CC([NH])=O. The third-order valence-electron chi connectivity index (χ3n) is 0.436. The minimum absolute atomic E-state index is 0.844. The van der Waals surface area contributed by atoms with Gasteiger partial charge in [-0.25, -0.2) is 0 Å². The Bertz CT molecular complexity index is 159. The topological polar surface area (TPSA) is 40.9 Å². The maximum absolute atomic E-state index is 9.78. The third kappa shape index (κ3) is 4.77. The fourth-order valence-corrected chi connectivity index (χ4v) is 0.191. The van der Waals surface area contributed by atoms with Gasteiger partial charge in [-0.05, 0) is 13.0 Å². The molecule has 0 heterocycles. The van der Waals surface area contributed by atoms with Gasteiger partial charge in [-0.15, -0.1) is 0 Å². The molecule has 2 nitrogen and oxygen atoms in total. The van der Waals surface area contributed by atoms with Crippen LogP contribution in [0.5, 0.6) is 0 Å². The summed E-state index contributed by atoms with van der Waals surface area (Å²) in [5.41, 5.74) is 6.31. The molecule has 8 heavy (non-hydrogen) atoms. The van der Waals surface area contributed by atoms with Crippen molar-refractivity contribution in [3.8, 4) is 11.8 Å². The van der Waals surface area contributed by atoms with Gasteiger partial charge in [0.15, 0.2) is 0 Å². The Hall–Kier alpha value is -1.23. The Balaban J connectivity index is 3.68. The number of amides is 1. The average Bonchev–Trinajstić information content (AvgIpc) is 1.66. The van der Waals surface area contributed by atoms with Crippen molar-refractivity contribution in [2.24, 2.45) is 0 Å². The minimum atomic E-state index is -0.844. The zero-order valence-corrected chi connectivity index (χ0v) is 4.56. The van der Waals surface area contributed by atoms with E-state index < -0.39 is 5.91 Å². The first kappa shape index (κ1) is 6.77. The molecule has 0 saturated heterocycles. The summed E-state index contributed by atoms with van der Waals surface area (Å²) in [6.45, 7) is 1.79. The van der Waals surface area contributed by atoms with Crippen LogP contribution in [0.15, 0.2) is 12.2 Å². The summed E-state index contributed by atoms with van der Waals surface area (Å²) in [5, 5.41) is 0. The van der Waals surface area contributed by atoms with Crippen LogP contribution in [-0.4, -0.2) is 5.91 Å². The monoisotopic (exact) mass is 108 g/mol. The molecule has 1 amide bonds. The lowest BCUT2D eigenvalue weighted by molar-refractivity contribution is -0.113. The van der Waals surface area contributed by atoms with Crippen LogP contribution < -0.4 is 5.73 Å². The van der Waals surface area contributed by atoms with Gasteiger partial charge in [0.25, 0.3) is 0 Å². The molecule has 0 saturated carbocycles. The number of nitrogens with one attached hydrogen (secondary N) is 1. The van der Waals surface area contributed by atoms with E-state index in [1.165, 1.54) is 6.08 Å². The molecule has 1 N–H and O–H groups in total. The van der Waals surface area contributed by atoms with Crippen molar-refractivity contribution in [1.29, 1.82) is 0 Å². The van der Waals surface area contributed by atoms with Crippen LogP contribution in [0.3, 0.4) is 0 Å². The molecule has 41 valence electrons. The van der Waals surface area contributed by atoms with Crippen molar-refractivity contribution >= 4 is 5.91 Å². The molecule has 0 aliphatic carbocycles. The molecule has 0 aromatic heterocycles. The van der Waals surface area contributed by atoms with Crippen molar-refractivity contribution in [1.82, 2.24) is 5.73 Å². The number of carbonyl (C=O) groups is 1. The summed E-state index contributed by atoms with van der Waals surface area (Å²) < 4.78 is 0. The number of rotatable bonds is 0. The zero-order valence-electron chi connectivity index (χ0n) is 4.56. The van der Waals surface area contributed by atoms with Gasteiger partial charge in [0.05, 0.1) is 0 Å². The molecule has 1 radical (unpaired) electrons. The first-order chi connectivity index (χ1) is 3.77. The van der Waals surface area contributed by atoms with Crippen LogP contribution in [0.4, 0.5) is 0 Å². The van der Waals surface area contributed by atoms with E-state index >= 15 is 0 Å². The highest BCUT2D eigenvalue weighted by Crippen LogP contribution is 1.63. The van der Waals surface area contributed by atoms with Gasteiger partial charge in [0.2, 0.25) is 0 Å². The van der Waals surface area contributed by atoms with Gasteiger partial charge in [-0.2, -0.15) is 0 Å². The second-order valence-corrected chi connectivity index (χ2v) is 1.10. The normalized spacial score (nSPS) is 8.12. The van der Waals surface area contributed by atoms with Crippen LogP contribution in [0.25, 0.3) is 0 Å². The molecular weight excluding hydrogens is 102 g/mol. The summed E-state index contributed by atoms with van der Waals surface area (Å²) in [4.78, 5) is 9.78. The molecule has 0 aliphatic heterocycles. The Labute approximate surface area is 48.4 Å². The predicted octanol–water partition coefficient (Wildman–Crippen LogP) is 0.375. The van der Waals surface area contributed by atoms with E-state index in [0.717, 1.165) is 0 Å². The van der Waals surface area contributed by atoms with E-state index in [0.29, 0.717) is 0 Å². The van der Waals surface area contributed by atoms with Crippen LogP contribution >= 0.6 is 0 Å². The molecule has 0 aromatic carbocycles. The van der Waals surface area contributed by atoms with Gasteiger partial charge in [-0.1, -0.05) is 12.0 Å². The summed E-state index contributed by atoms with van der Waals surface area (Å²) in [5.74, 6) is 3.56. The molecule has 0 atom stereocenters. The van der Waals surface area contributed by atoms with Gasteiger partial charge in [0.1, 0.15) is 0 Å². The zero-order chi connectivity index (χ0) is 6.41. The quantitative estimate of drug-likeness (QED) is 0.413. The number of allylic oxidation sites excluding steroid dienone is 2. The van der Waals surface area contributed by atoms with Crippen molar-refractivity contribution in [3.63, 3.8) is 0 Å². The first-order valence-corrected chi connectivity index (χ1v) is 2.15. The van der Waals surface area contributed by atoms with E-state index in [4.69, 9.17) is 5.73 Å². The number of hydrogen-bond acceptors (Lipinski definition) is 1. The Kier molecular flexibility index (Phi) is 3.34. The van der Waals surface area contributed by atoms with Gasteiger partial charge < -0.3 is 0 Å². The van der Waals surface area contributed by atoms with E-state index in [-0.39, 0.29) is 0 Å². The largest absolute Gasteiger partial charge is 0.314 e. The maximum atomic E-state index is 9.78. The fraction of sp³-hybridized carbons (Fsp3) is 0.167. The molecule has 0 unspecified atom stereocenters. The molecule has 2 heteroatoms. The highest BCUT2D eigenvalue weighted by molar-refractivity contribution is 5.91.